The lowest BCUT2D eigenvalue weighted by atomic mass is 9.98. The Hall–Kier alpha value is -3.66. The predicted octanol–water partition coefficient (Wildman–Crippen LogP) is 2.44. The zero-order chi connectivity index (χ0) is 23.4. The van der Waals surface area contributed by atoms with Crippen molar-refractivity contribution >= 4 is 40.4 Å². The SMILES string of the molecule is COc1ccc([C@@H]2CC(c3ccccc3)=NN2C2=NC(=O)[C@H](CC(=O)NCC(=O)O)S2)cc1. The zero-order valence-corrected chi connectivity index (χ0v) is 18.6. The van der Waals surface area contributed by atoms with Gasteiger partial charge in [0.25, 0.3) is 5.91 Å². The Kier molecular flexibility index (Phi) is 6.74. The molecule has 2 heterocycles. The molecule has 33 heavy (non-hydrogen) atoms. The molecule has 10 heteroatoms. The lowest BCUT2D eigenvalue weighted by Gasteiger charge is -2.23. The highest BCUT2D eigenvalue weighted by molar-refractivity contribution is 8.15. The van der Waals surface area contributed by atoms with Crippen LogP contribution in [0, 0.1) is 0 Å². The molecule has 0 radical (unpaired) electrons. The van der Waals surface area contributed by atoms with Crippen LogP contribution in [0.5, 0.6) is 5.75 Å². The first kappa shape index (κ1) is 22.5. The number of thioether (sulfide) groups is 1. The molecule has 0 fully saturated rings. The molecule has 4 rings (SSSR count). The van der Waals surface area contributed by atoms with Gasteiger partial charge in [-0.3, -0.25) is 14.4 Å². The molecular weight excluding hydrogens is 444 g/mol. The molecule has 2 aliphatic rings. The van der Waals surface area contributed by atoms with Gasteiger partial charge in [-0.25, -0.2) is 5.01 Å². The number of carbonyl (C=O) groups excluding carboxylic acids is 2. The highest BCUT2D eigenvalue weighted by Crippen LogP contribution is 2.38. The summed E-state index contributed by atoms with van der Waals surface area (Å²) in [5.74, 6) is -1.35. The number of carbonyl (C=O) groups is 3. The van der Waals surface area contributed by atoms with Crippen molar-refractivity contribution in [3.63, 3.8) is 0 Å². The molecule has 0 saturated carbocycles. The topological polar surface area (TPSA) is 121 Å². The average molecular weight is 467 g/mol. The first-order valence-corrected chi connectivity index (χ1v) is 11.2. The molecule has 0 spiro atoms. The predicted molar refractivity (Wildman–Crippen MR) is 124 cm³/mol. The monoisotopic (exact) mass is 466 g/mol. The molecule has 9 nitrogen and oxygen atoms in total. The maximum atomic E-state index is 12.5. The standard InChI is InChI=1S/C23H22N4O5S/c1-32-16-9-7-15(8-10-16)18-11-17(14-5-3-2-4-6-14)26-27(18)23-25-22(31)19(33-23)12-20(28)24-13-21(29)30/h2-10,18-19H,11-13H2,1H3,(H,24,28)(H,29,30)/t18-,19-/m0/s1. The van der Waals surface area contributed by atoms with Gasteiger partial charge in [-0.2, -0.15) is 10.1 Å². The molecule has 0 unspecified atom stereocenters. The molecule has 0 aliphatic carbocycles. The largest absolute Gasteiger partial charge is 0.497 e. The van der Waals surface area contributed by atoms with Crippen LogP contribution >= 0.6 is 11.8 Å². The molecule has 2 amide bonds. The molecule has 2 aromatic rings. The van der Waals surface area contributed by atoms with Gasteiger partial charge in [0.2, 0.25) is 5.91 Å². The summed E-state index contributed by atoms with van der Waals surface area (Å²) in [7, 11) is 1.61. The van der Waals surface area contributed by atoms with Crippen LogP contribution in [-0.4, -0.2) is 57.7 Å². The number of carboxylic acids is 1. The molecule has 170 valence electrons. The lowest BCUT2D eigenvalue weighted by molar-refractivity contribution is -0.137. The second-order valence-electron chi connectivity index (χ2n) is 7.46. The Morgan fingerprint density at radius 1 is 1.18 bits per heavy atom. The summed E-state index contributed by atoms with van der Waals surface area (Å²) in [6.07, 6.45) is 0.466. The number of amidine groups is 1. The van der Waals surface area contributed by atoms with Crippen molar-refractivity contribution in [3.8, 4) is 5.75 Å². The third-order valence-corrected chi connectivity index (χ3v) is 6.39. The Morgan fingerprint density at radius 3 is 2.58 bits per heavy atom. The van der Waals surface area contributed by atoms with Gasteiger partial charge >= 0.3 is 5.97 Å². The Morgan fingerprint density at radius 2 is 1.91 bits per heavy atom. The van der Waals surface area contributed by atoms with Gasteiger partial charge in [0, 0.05) is 12.8 Å². The van der Waals surface area contributed by atoms with Crippen molar-refractivity contribution in [1.29, 1.82) is 0 Å². The number of nitrogens with one attached hydrogen (secondary N) is 1. The minimum Gasteiger partial charge on any atom is -0.497 e. The molecule has 2 aliphatic heterocycles. The number of ether oxygens (including phenoxy) is 1. The minimum absolute atomic E-state index is 0.153. The highest BCUT2D eigenvalue weighted by Gasteiger charge is 2.39. The summed E-state index contributed by atoms with van der Waals surface area (Å²) in [4.78, 5) is 39.3. The van der Waals surface area contributed by atoms with E-state index in [9.17, 15) is 14.4 Å². The minimum atomic E-state index is -1.15. The Balaban J connectivity index is 1.56. The van der Waals surface area contributed by atoms with E-state index in [4.69, 9.17) is 14.9 Å². The second kappa shape index (κ2) is 9.86. The fourth-order valence-corrected chi connectivity index (χ4v) is 4.66. The van der Waals surface area contributed by atoms with Gasteiger partial charge in [0.05, 0.1) is 18.9 Å². The van der Waals surface area contributed by atoms with E-state index >= 15 is 0 Å². The number of rotatable bonds is 7. The van der Waals surface area contributed by atoms with Crippen molar-refractivity contribution in [1.82, 2.24) is 10.3 Å². The first-order chi connectivity index (χ1) is 15.9. The van der Waals surface area contributed by atoms with Crippen LogP contribution in [0.25, 0.3) is 0 Å². The number of aliphatic imine (C=N–C) groups is 1. The second-order valence-corrected chi connectivity index (χ2v) is 8.63. The number of benzene rings is 2. The number of aliphatic carboxylic acids is 1. The molecule has 0 bridgehead atoms. The summed E-state index contributed by atoms with van der Waals surface area (Å²) in [6, 6.07) is 17.3. The molecular formula is C23H22N4O5S. The number of nitrogens with zero attached hydrogens (tertiary/aromatic N) is 3. The summed E-state index contributed by atoms with van der Waals surface area (Å²) in [5.41, 5.74) is 2.84. The van der Waals surface area contributed by atoms with Gasteiger partial charge in [-0.15, -0.1) is 0 Å². The summed E-state index contributed by atoms with van der Waals surface area (Å²) in [6.45, 7) is -0.492. The van der Waals surface area contributed by atoms with Crippen LogP contribution in [-0.2, 0) is 14.4 Å². The number of carboxylic acid groups (broad SMARTS) is 1. The van der Waals surface area contributed by atoms with E-state index in [1.54, 1.807) is 12.1 Å². The van der Waals surface area contributed by atoms with Crippen molar-refractivity contribution < 1.29 is 24.2 Å². The summed E-state index contributed by atoms with van der Waals surface area (Å²) in [5, 5.41) is 17.2. The van der Waals surface area contributed by atoms with Gasteiger partial charge in [0.1, 0.15) is 17.5 Å². The summed E-state index contributed by atoms with van der Waals surface area (Å²) < 4.78 is 5.26. The van der Waals surface area contributed by atoms with Gasteiger partial charge in [0.15, 0.2) is 5.17 Å². The molecule has 0 saturated heterocycles. The molecule has 0 aromatic heterocycles. The van der Waals surface area contributed by atoms with E-state index in [0.29, 0.717) is 11.6 Å². The number of amides is 2. The van der Waals surface area contributed by atoms with Gasteiger partial charge in [-0.1, -0.05) is 54.2 Å². The maximum absolute atomic E-state index is 12.5. The number of hydrogen-bond acceptors (Lipinski definition) is 7. The summed E-state index contributed by atoms with van der Waals surface area (Å²) >= 11 is 1.17. The third-order valence-electron chi connectivity index (χ3n) is 5.25. The van der Waals surface area contributed by atoms with Crippen LogP contribution in [0.1, 0.15) is 30.0 Å². The molecule has 2 atom stereocenters. The Bertz CT molecular complexity index is 1120. The van der Waals surface area contributed by atoms with Crippen molar-refractivity contribution in [2.45, 2.75) is 24.1 Å². The number of hydrogen-bond donors (Lipinski definition) is 2. The van der Waals surface area contributed by atoms with Gasteiger partial charge in [-0.05, 0) is 23.3 Å². The van der Waals surface area contributed by atoms with E-state index in [-0.39, 0.29) is 12.5 Å². The smallest absolute Gasteiger partial charge is 0.322 e. The lowest BCUT2D eigenvalue weighted by Crippen LogP contribution is -2.32. The quantitative estimate of drug-likeness (QED) is 0.643. The van der Waals surface area contributed by atoms with Crippen molar-refractivity contribution in [2.75, 3.05) is 13.7 Å². The highest BCUT2D eigenvalue weighted by atomic mass is 32.2. The first-order valence-electron chi connectivity index (χ1n) is 10.3. The van der Waals surface area contributed by atoms with E-state index in [0.717, 1.165) is 22.6 Å². The zero-order valence-electron chi connectivity index (χ0n) is 17.8. The van der Waals surface area contributed by atoms with Gasteiger partial charge < -0.3 is 15.2 Å². The molecule has 2 aromatic carbocycles. The average Bonchev–Trinajstić information content (AvgIpc) is 3.42. The van der Waals surface area contributed by atoms with Crippen LogP contribution in [0.15, 0.2) is 64.7 Å². The molecule has 2 N–H and O–H groups in total. The third kappa shape index (κ3) is 5.23. The fraction of sp³-hybridized carbons (Fsp3) is 0.261. The van der Waals surface area contributed by atoms with Crippen LogP contribution < -0.4 is 10.1 Å². The number of methoxy groups -OCH3 is 1. The number of hydrazone groups is 1. The van der Waals surface area contributed by atoms with E-state index in [2.05, 4.69) is 10.3 Å². The van der Waals surface area contributed by atoms with Crippen LogP contribution in [0.3, 0.4) is 0 Å². The maximum Gasteiger partial charge on any atom is 0.322 e. The van der Waals surface area contributed by atoms with Crippen molar-refractivity contribution in [2.24, 2.45) is 10.1 Å². The van der Waals surface area contributed by atoms with Crippen molar-refractivity contribution in [3.05, 3.63) is 65.7 Å². The Labute approximate surface area is 194 Å². The van der Waals surface area contributed by atoms with Crippen LogP contribution in [0.2, 0.25) is 0 Å². The van der Waals surface area contributed by atoms with E-state index < -0.39 is 29.6 Å². The fourth-order valence-electron chi connectivity index (χ4n) is 3.60. The van der Waals surface area contributed by atoms with E-state index in [1.807, 2.05) is 54.6 Å². The van der Waals surface area contributed by atoms with Crippen LogP contribution in [0.4, 0.5) is 0 Å². The van der Waals surface area contributed by atoms with E-state index in [1.165, 1.54) is 11.8 Å². The normalized spacial score (nSPS) is 19.8.